The second-order valence-electron chi connectivity index (χ2n) is 6.59. The molecule has 0 saturated carbocycles. The third-order valence-electron chi connectivity index (χ3n) is 4.74. The van der Waals surface area contributed by atoms with E-state index in [4.69, 9.17) is 0 Å². The lowest BCUT2D eigenvalue weighted by Crippen LogP contribution is -2.42. The van der Waals surface area contributed by atoms with E-state index in [0.29, 0.717) is 31.6 Å². The first-order valence-corrected chi connectivity index (χ1v) is 8.86. The van der Waals surface area contributed by atoms with E-state index < -0.39 is 0 Å². The van der Waals surface area contributed by atoms with Crippen LogP contribution >= 0.6 is 0 Å². The molecule has 1 aliphatic rings. The van der Waals surface area contributed by atoms with Crippen LogP contribution in [0.1, 0.15) is 34.8 Å². The summed E-state index contributed by atoms with van der Waals surface area (Å²) >= 11 is 0. The zero-order valence-electron chi connectivity index (χ0n) is 15.2. The zero-order valence-corrected chi connectivity index (χ0v) is 15.2. The maximum Gasteiger partial charge on any atom is 0.254 e. The molecule has 0 radical (unpaired) electrons. The highest BCUT2D eigenvalue weighted by Gasteiger charge is 2.26. The van der Waals surface area contributed by atoms with Crippen molar-refractivity contribution >= 4 is 17.5 Å². The summed E-state index contributed by atoms with van der Waals surface area (Å²) in [6, 6.07) is 9.59. The Balaban J connectivity index is 1.77. The summed E-state index contributed by atoms with van der Waals surface area (Å²) in [4.78, 5) is 30.6. The maximum atomic E-state index is 13.1. The van der Waals surface area contributed by atoms with Gasteiger partial charge in [0.1, 0.15) is 0 Å². The van der Waals surface area contributed by atoms with E-state index in [2.05, 4.69) is 15.6 Å². The highest BCUT2D eigenvalue weighted by molar-refractivity contribution is 5.97. The molecule has 3 rings (SSSR count). The Bertz CT molecular complexity index is 792. The van der Waals surface area contributed by atoms with E-state index in [1.165, 1.54) is 0 Å². The zero-order chi connectivity index (χ0) is 18.5. The molecule has 1 atom stereocenters. The van der Waals surface area contributed by atoms with Crippen LogP contribution < -0.4 is 10.6 Å². The third kappa shape index (κ3) is 4.02. The number of rotatable bonds is 4. The summed E-state index contributed by atoms with van der Waals surface area (Å²) < 4.78 is 0. The second-order valence-corrected chi connectivity index (χ2v) is 6.59. The quantitative estimate of drug-likeness (QED) is 0.886. The molecule has 1 aliphatic heterocycles. The van der Waals surface area contributed by atoms with Crippen LogP contribution in [-0.4, -0.2) is 40.8 Å². The van der Waals surface area contributed by atoms with Crippen molar-refractivity contribution in [3.8, 4) is 0 Å². The van der Waals surface area contributed by atoms with Crippen LogP contribution in [0.15, 0.2) is 42.7 Å². The van der Waals surface area contributed by atoms with Gasteiger partial charge >= 0.3 is 0 Å². The van der Waals surface area contributed by atoms with Crippen molar-refractivity contribution in [2.24, 2.45) is 0 Å². The SMILES string of the molecule is Cc1c(NCc2cccnc2)cccc1C(=O)N1CCC(=O)NC[C@H]1C. The minimum atomic E-state index is -0.0310. The number of hydrogen-bond acceptors (Lipinski definition) is 4. The molecule has 6 heteroatoms. The number of pyridine rings is 1. The van der Waals surface area contributed by atoms with Crippen molar-refractivity contribution in [1.29, 1.82) is 0 Å². The van der Waals surface area contributed by atoms with Crippen molar-refractivity contribution < 1.29 is 9.59 Å². The maximum absolute atomic E-state index is 13.1. The lowest BCUT2D eigenvalue weighted by Gasteiger charge is -2.27. The molecule has 1 saturated heterocycles. The van der Waals surface area contributed by atoms with E-state index in [0.717, 1.165) is 16.8 Å². The largest absolute Gasteiger partial charge is 0.381 e. The summed E-state index contributed by atoms with van der Waals surface area (Å²) in [6.45, 7) is 5.49. The van der Waals surface area contributed by atoms with E-state index in [9.17, 15) is 9.59 Å². The van der Waals surface area contributed by atoms with Gasteiger partial charge in [-0.3, -0.25) is 14.6 Å². The Hall–Kier alpha value is -2.89. The van der Waals surface area contributed by atoms with Crippen LogP contribution in [0.5, 0.6) is 0 Å². The minimum Gasteiger partial charge on any atom is -0.381 e. The van der Waals surface area contributed by atoms with E-state index in [1.54, 1.807) is 11.1 Å². The van der Waals surface area contributed by atoms with Gasteiger partial charge in [-0.25, -0.2) is 0 Å². The summed E-state index contributed by atoms with van der Waals surface area (Å²) in [6.07, 6.45) is 3.91. The highest BCUT2D eigenvalue weighted by Crippen LogP contribution is 2.22. The van der Waals surface area contributed by atoms with Crippen molar-refractivity contribution in [1.82, 2.24) is 15.2 Å². The molecule has 1 aromatic carbocycles. The molecule has 2 heterocycles. The molecule has 0 aliphatic carbocycles. The Morgan fingerprint density at radius 1 is 1.35 bits per heavy atom. The fourth-order valence-corrected chi connectivity index (χ4v) is 3.12. The molecule has 0 unspecified atom stereocenters. The number of amides is 2. The molecule has 1 aromatic heterocycles. The van der Waals surface area contributed by atoms with Crippen LogP contribution in [0, 0.1) is 6.92 Å². The smallest absolute Gasteiger partial charge is 0.254 e. The number of anilines is 1. The van der Waals surface area contributed by atoms with Crippen LogP contribution in [0.3, 0.4) is 0 Å². The number of nitrogens with zero attached hydrogens (tertiary/aromatic N) is 2. The molecule has 0 spiro atoms. The summed E-state index contributed by atoms with van der Waals surface area (Å²) in [5.41, 5.74) is 3.59. The van der Waals surface area contributed by atoms with Gasteiger partial charge in [-0.05, 0) is 43.2 Å². The molecular formula is C20H24N4O2. The lowest BCUT2D eigenvalue weighted by atomic mass is 10.0. The molecular weight excluding hydrogens is 328 g/mol. The number of nitrogens with one attached hydrogen (secondary N) is 2. The second kappa shape index (κ2) is 7.99. The number of hydrogen-bond donors (Lipinski definition) is 2. The normalized spacial score (nSPS) is 17.4. The van der Waals surface area contributed by atoms with Gasteiger partial charge in [0, 0.05) is 55.7 Å². The average Bonchev–Trinajstić information content (AvgIpc) is 2.82. The van der Waals surface area contributed by atoms with Gasteiger partial charge in [-0.15, -0.1) is 0 Å². The molecule has 2 amide bonds. The fraction of sp³-hybridized carbons (Fsp3) is 0.350. The molecule has 2 aromatic rings. The summed E-state index contributed by atoms with van der Waals surface area (Å²) in [5, 5.41) is 6.22. The molecule has 2 N–H and O–H groups in total. The van der Waals surface area contributed by atoms with Crippen LogP contribution in [0.4, 0.5) is 5.69 Å². The monoisotopic (exact) mass is 352 g/mol. The van der Waals surface area contributed by atoms with Gasteiger partial charge in [0.2, 0.25) is 5.91 Å². The first-order valence-electron chi connectivity index (χ1n) is 8.86. The van der Waals surface area contributed by atoms with Crippen molar-refractivity contribution in [2.75, 3.05) is 18.4 Å². The topological polar surface area (TPSA) is 74.3 Å². The predicted molar refractivity (Wildman–Crippen MR) is 101 cm³/mol. The van der Waals surface area contributed by atoms with Crippen LogP contribution in [-0.2, 0) is 11.3 Å². The molecule has 0 bridgehead atoms. The number of aromatic nitrogens is 1. The fourth-order valence-electron chi connectivity index (χ4n) is 3.12. The van der Waals surface area contributed by atoms with Gasteiger partial charge in [0.05, 0.1) is 0 Å². The van der Waals surface area contributed by atoms with E-state index in [-0.39, 0.29) is 17.9 Å². The highest BCUT2D eigenvalue weighted by atomic mass is 16.2. The van der Waals surface area contributed by atoms with Gasteiger partial charge in [-0.2, -0.15) is 0 Å². The van der Waals surface area contributed by atoms with Gasteiger partial charge in [0.15, 0.2) is 0 Å². The number of carbonyl (C=O) groups excluding carboxylic acids is 2. The molecule has 26 heavy (non-hydrogen) atoms. The van der Waals surface area contributed by atoms with Gasteiger partial charge in [0.25, 0.3) is 5.91 Å². The van der Waals surface area contributed by atoms with Gasteiger partial charge < -0.3 is 15.5 Å². The van der Waals surface area contributed by atoms with Crippen LogP contribution in [0.2, 0.25) is 0 Å². The molecule has 136 valence electrons. The number of carbonyl (C=O) groups is 2. The number of benzene rings is 1. The first-order chi connectivity index (χ1) is 12.6. The first kappa shape index (κ1) is 17.9. The standard InChI is InChI=1S/C20H24N4O2/c1-14-11-23-19(25)8-10-24(14)20(26)17-6-3-7-18(15(17)2)22-13-16-5-4-9-21-12-16/h3-7,9,12,14,22H,8,10-11,13H2,1-2H3,(H,23,25)/t14-/m1/s1. The van der Waals surface area contributed by atoms with Crippen molar-refractivity contribution in [2.45, 2.75) is 32.9 Å². The Kier molecular flexibility index (Phi) is 5.51. The Labute approximate surface area is 153 Å². The van der Waals surface area contributed by atoms with Crippen LogP contribution in [0.25, 0.3) is 0 Å². The lowest BCUT2D eigenvalue weighted by molar-refractivity contribution is -0.120. The van der Waals surface area contributed by atoms with Crippen molar-refractivity contribution in [3.63, 3.8) is 0 Å². The minimum absolute atomic E-state index is 0.00393. The van der Waals surface area contributed by atoms with E-state index in [1.807, 2.05) is 50.4 Å². The molecule has 6 nitrogen and oxygen atoms in total. The average molecular weight is 352 g/mol. The Morgan fingerprint density at radius 2 is 2.19 bits per heavy atom. The van der Waals surface area contributed by atoms with Crippen molar-refractivity contribution in [3.05, 3.63) is 59.4 Å². The third-order valence-corrected chi connectivity index (χ3v) is 4.74. The summed E-state index contributed by atoms with van der Waals surface area (Å²) in [7, 11) is 0. The summed E-state index contributed by atoms with van der Waals surface area (Å²) in [5.74, 6) is -0.0349. The Morgan fingerprint density at radius 3 is 2.96 bits per heavy atom. The van der Waals surface area contributed by atoms with Gasteiger partial charge in [-0.1, -0.05) is 12.1 Å². The van der Waals surface area contributed by atoms with E-state index >= 15 is 0 Å². The predicted octanol–water partition coefficient (Wildman–Crippen LogP) is 2.35. The molecule has 1 fully saturated rings.